The number of carbonyl (C=O) groups is 2. The number of para-hydroxylation sites is 1. The van der Waals surface area contributed by atoms with Crippen molar-refractivity contribution >= 4 is 29.3 Å². The number of aryl methyl sites for hydroxylation is 2. The van der Waals surface area contributed by atoms with Gasteiger partial charge in [-0.2, -0.15) is 0 Å². The summed E-state index contributed by atoms with van der Waals surface area (Å²) in [6, 6.07) is 13.4. The summed E-state index contributed by atoms with van der Waals surface area (Å²) in [6.45, 7) is 6.80. The monoisotopic (exact) mass is 370 g/mol. The highest BCUT2D eigenvalue weighted by atomic mass is 32.2. The second-order valence-corrected chi connectivity index (χ2v) is 7.36. The maximum Gasteiger partial charge on any atom is 0.253 e. The first-order chi connectivity index (χ1) is 12.5. The van der Waals surface area contributed by atoms with E-state index in [0.29, 0.717) is 30.0 Å². The lowest BCUT2D eigenvalue weighted by Gasteiger charge is -2.11. The molecule has 4 nitrogen and oxygen atoms in total. The van der Waals surface area contributed by atoms with Crippen LogP contribution in [0.15, 0.2) is 47.4 Å². The molecule has 0 spiro atoms. The Morgan fingerprint density at radius 2 is 1.81 bits per heavy atom. The molecule has 5 heteroatoms. The number of hydrogen-bond acceptors (Lipinski definition) is 3. The molecule has 0 heterocycles. The second kappa shape index (κ2) is 10.0. The van der Waals surface area contributed by atoms with Gasteiger partial charge >= 0.3 is 0 Å². The van der Waals surface area contributed by atoms with Crippen LogP contribution in [0.5, 0.6) is 0 Å². The first-order valence-corrected chi connectivity index (χ1v) is 9.87. The highest BCUT2D eigenvalue weighted by Gasteiger charge is 2.12. The van der Waals surface area contributed by atoms with Gasteiger partial charge in [0.1, 0.15) is 0 Å². The molecule has 0 bridgehead atoms. The number of amides is 2. The zero-order valence-corrected chi connectivity index (χ0v) is 16.4. The fourth-order valence-corrected chi connectivity index (χ4v) is 3.35. The van der Waals surface area contributed by atoms with Gasteiger partial charge in [0.15, 0.2) is 0 Å². The third kappa shape index (κ3) is 5.92. The normalized spacial score (nSPS) is 10.4. The molecule has 2 aromatic rings. The minimum Gasteiger partial charge on any atom is -0.352 e. The number of anilines is 1. The van der Waals surface area contributed by atoms with Crippen molar-refractivity contribution in [3.63, 3.8) is 0 Å². The average molecular weight is 371 g/mol. The molecular formula is C21H26N2O2S. The molecule has 0 saturated heterocycles. The standard InChI is InChI=1S/C21H26N2O2S/c1-4-12-22-21(25)18-7-5-6-8-19(18)23-20(24)11-13-26-17-10-9-15(2)16(3)14-17/h5-10,14H,4,11-13H2,1-3H3,(H,22,25)(H,23,24). The Morgan fingerprint density at radius 1 is 1.04 bits per heavy atom. The van der Waals surface area contributed by atoms with E-state index >= 15 is 0 Å². The van der Waals surface area contributed by atoms with Gasteiger partial charge in [-0.05, 0) is 55.7 Å². The van der Waals surface area contributed by atoms with Crippen molar-refractivity contribution in [2.45, 2.75) is 38.5 Å². The Bertz CT molecular complexity index is 774. The van der Waals surface area contributed by atoms with E-state index < -0.39 is 0 Å². The molecule has 2 N–H and O–H groups in total. The molecule has 138 valence electrons. The molecule has 0 aliphatic rings. The summed E-state index contributed by atoms with van der Waals surface area (Å²) in [6.07, 6.45) is 1.26. The van der Waals surface area contributed by atoms with Gasteiger partial charge in [-0.1, -0.05) is 25.1 Å². The maximum absolute atomic E-state index is 12.3. The predicted molar refractivity (Wildman–Crippen MR) is 109 cm³/mol. The topological polar surface area (TPSA) is 58.2 Å². The van der Waals surface area contributed by atoms with Gasteiger partial charge in [-0.25, -0.2) is 0 Å². The Balaban J connectivity index is 1.89. The Morgan fingerprint density at radius 3 is 2.54 bits per heavy atom. The molecular weight excluding hydrogens is 344 g/mol. The molecule has 0 atom stereocenters. The quantitative estimate of drug-likeness (QED) is 0.670. The molecule has 2 aromatic carbocycles. The Labute approximate surface area is 159 Å². The van der Waals surface area contributed by atoms with Crippen LogP contribution in [0.4, 0.5) is 5.69 Å². The fourth-order valence-electron chi connectivity index (χ4n) is 2.40. The van der Waals surface area contributed by atoms with E-state index in [1.54, 1.807) is 30.0 Å². The molecule has 0 saturated carbocycles. The maximum atomic E-state index is 12.3. The van der Waals surface area contributed by atoms with Crippen LogP contribution < -0.4 is 10.6 Å². The van der Waals surface area contributed by atoms with Crippen molar-refractivity contribution in [2.24, 2.45) is 0 Å². The number of rotatable bonds is 8. The van der Waals surface area contributed by atoms with E-state index in [1.165, 1.54) is 16.0 Å². The van der Waals surface area contributed by atoms with Crippen LogP contribution in [0.1, 0.15) is 41.3 Å². The summed E-state index contributed by atoms with van der Waals surface area (Å²) in [5.41, 5.74) is 3.58. The number of nitrogens with one attached hydrogen (secondary N) is 2. The molecule has 0 fully saturated rings. The van der Waals surface area contributed by atoms with Crippen molar-refractivity contribution in [1.29, 1.82) is 0 Å². The van der Waals surface area contributed by atoms with Crippen LogP contribution in [0.25, 0.3) is 0 Å². The molecule has 0 aliphatic heterocycles. The van der Waals surface area contributed by atoms with Crippen molar-refractivity contribution in [3.8, 4) is 0 Å². The smallest absolute Gasteiger partial charge is 0.253 e. The van der Waals surface area contributed by atoms with Crippen LogP contribution in [0, 0.1) is 13.8 Å². The zero-order chi connectivity index (χ0) is 18.9. The average Bonchev–Trinajstić information content (AvgIpc) is 2.63. The minimum absolute atomic E-state index is 0.0860. The third-order valence-electron chi connectivity index (χ3n) is 4.06. The first kappa shape index (κ1) is 20.0. The SMILES string of the molecule is CCCNC(=O)c1ccccc1NC(=O)CCSc1ccc(C)c(C)c1. The largest absolute Gasteiger partial charge is 0.352 e. The Kier molecular flexibility index (Phi) is 7.73. The van der Waals surface area contributed by atoms with Gasteiger partial charge in [-0.3, -0.25) is 9.59 Å². The van der Waals surface area contributed by atoms with Crippen LogP contribution in [0.2, 0.25) is 0 Å². The third-order valence-corrected chi connectivity index (χ3v) is 5.05. The summed E-state index contributed by atoms with van der Waals surface area (Å²) < 4.78 is 0. The summed E-state index contributed by atoms with van der Waals surface area (Å²) in [5, 5.41) is 5.70. The fraction of sp³-hybridized carbons (Fsp3) is 0.333. The van der Waals surface area contributed by atoms with Crippen molar-refractivity contribution in [2.75, 3.05) is 17.6 Å². The molecule has 0 unspecified atom stereocenters. The lowest BCUT2D eigenvalue weighted by Crippen LogP contribution is -2.25. The molecule has 0 aromatic heterocycles. The van der Waals surface area contributed by atoms with Crippen molar-refractivity contribution in [1.82, 2.24) is 5.32 Å². The number of thioether (sulfide) groups is 1. The summed E-state index contributed by atoms with van der Waals surface area (Å²) >= 11 is 1.66. The zero-order valence-electron chi connectivity index (χ0n) is 15.6. The molecule has 2 rings (SSSR count). The van der Waals surface area contributed by atoms with Gasteiger partial charge in [-0.15, -0.1) is 11.8 Å². The van der Waals surface area contributed by atoms with Crippen LogP contribution >= 0.6 is 11.8 Å². The van der Waals surface area contributed by atoms with E-state index in [9.17, 15) is 9.59 Å². The predicted octanol–water partition coefficient (Wildman–Crippen LogP) is 4.56. The van der Waals surface area contributed by atoms with Gasteiger partial charge < -0.3 is 10.6 Å². The number of benzene rings is 2. The van der Waals surface area contributed by atoms with Gasteiger partial charge in [0.05, 0.1) is 11.3 Å². The summed E-state index contributed by atoms with van der Waals surface area (Å²) in [7, 11) is 0. The second-order valence-electron chi connectivity index (χ2n) is 6.19. The van der Waals surface area contributed by atoms with Gasteiger partial charge in [0.25, 0.3) is 5.91 Å². The molecule has 2 amide bonds. The summed E-state index contributed by atoms with van der Waals surface area (Å²) in [5.74, 6) is 0.447. The van der Waals surface area contributed by atoms with Crippen LogP contribution in [-0.2, 0) is 4.79 Å². The molecule has 0 radical (unpaired) electrons. The number of hydrogen-bond donors (Lipinski definition) is 2. The van der Waals surface area contributed by atoms with Crippen molar-refractivity contribution < 1.29 is 9.59 Å². The molecule has 26 heavy (non-hydrogen) atoms. The van der Waals surface area contributed by atoms with Crippen LogP contribution in [-0.4, -0.2) is 24.1 Å². The van der Waals surface area contributed by atoms with E-state index in [0.717, 1.165) is 6.42 Å². The van der Waals surface area contributed by atoms with E-state index in [2.05, 4.69) is 42.7 Å². The first-order valence-electron chi connectivity index (χ1n) is 8.88. The van der Waals surface area contributed by atoms with Crippen molar-refractivity contribution in [3.05, 3.63) is 59.2 Å². The number of carbonyl (C=O) groups excluding carboxylic acids is 2. The highest BCUT2D eigenvalue weighted by Crippen LogP contribution is 2.22. The minimum atomic E-state index is -0.160. The van der Waals surface area contributed by atoms with Gasteiger partial charge in [0, 0.05) is 23.6 Å². The van der Waals surface area contributed by atoms with E-state index in [1.807, 2.05) is 13.0 Å². The summed E-state index contributed by atoms with van der Waals surface area (Å²) in [4.78, 5) is 25.6. The lowest BCUT2D eigenvalue weighted by molar-refractivity contribution is -0.115. The molecule has 0 aliphatic carbocycles. The Hall–Kier alpha value is -2.27. The van der Waals surface area contributed by atoms with E-state index in [-0.39, 0.29) is 11.8 Å². The van der Waals surface area contributed by atoms with Gasteiger partial charge in [0.2, 0.25) is 5.91 Å². The highest BCUT2D eigenvalue weighted by molar-refractivity contribution is 7.99. The van der Waals surface area contributed by atoms with E-state index in [4.69, 9.17) is 0 Å². The lowest BCUT2D eigenvalue weighted by atomic mass is 10.1. The van der Waals surface area contributed by atoms with Crippen LogP contribution in [0.3, 0.4) is 0 Å².